The van der Waals surface area contributed by atoms with Crippen molar-refractivity contribution < 1.29 is 14.3 Å². The Morgan fingerprint density at radius 1 is 1.21 bits per heavy atom. The van der Waals surface area contributed by atoms with Crippen LogP contribution < -0.4 is 0 Å². The Labute approximate surface area is 166 Å². The van der Waals surface area contributed by atoms with Gasteiger partial charge in [-0.05, 0) is 43.7 Å². The van der Waals surface area contributed by atoms with Crippen LogP contribution in [-0.4, -0.2) is 44.7 Å². The second kappa shape index (κ2) is 7.93. The van der Waals surface area contributed by atoms with E-state index in [2.05, 4.69) is 10.1 Å². The van der Waals surface area contributed by atoms with Gasteiger partial charge in [-0.15, -0.1) is 11.3 Å². The molecule has 0 atom stereocenters. The van der Waals surface area contributed by atoms with Gasteiger partial charge in [0.1, 0.15) is 0 Å². The fraction of sp³-hybridized carbons (Fsp3) is 0.300. The maximum atomic E-state index is 13.0. The summed E-state index contributed by atoms with van der Waals surface area (Å²) in [6.07, 6.45) is 2.52. The first kappa shape index (κ1) is 18.4. The molecule has 4 rings (SSSR count). The third-order valence-electron chi connectivity index (χ3n) is 4.52. The summed E-state index contributed by atoms with van der Waals surface area (Å²) < 4.78 is 6.82. The lowest BCUT2D eigenvalue weighted by Gasteiger charge is -2.19. The van der Waals surface area contributed by atoms with Gasteiger partial charge in [-0.3, -0.25) is 14.5 Å². The lowest BCUT2D eigenvalue weighted by atomic mass is 10.3. The van der Waals surface area contributed by atoms with Crippen molar-refractivity contribution in [3.63, 3.8) is 0 Å². The van der Waals surface area contributed by atoms with Crippen LogP contribution in [0.4, 0.5) is 0 Å². The quantitative estimate of drug-likeness (QED) is 0.633. The second-order valence-corrected chi connectivity index (χ2v) is 7.51. The highest BCUT2D eigenvalue weighted by Gasteiger charge is 2.24. The summed E-state index contributed by atoms with van der Waals surface area (Å²) in [5.41, 5.74) is 2.00. The molecule has 0 unspecified atom stereocenters. The zero-order valence-corrected chi connectivity index (χ0v) is 16.3. The molecule has 0 aliphatic carbocycles. The normalized spacial score (nSPS) is 13.7. The summed E-state index contributed by atoms with van der Waals surface area (Å²) in [7, 11) is 0. The SMILES string of the molecule is CCOC(=O)c1cc2n(n1)CCCN(C(=O)c1ccc(-c3ccccn3)s1)C2. The summed E-state index contributed by atoms with van der Waals surface area (Å²) in [5, 5.41) is 4.34. The van der Waals surface area contributed by atoms with Crippen LogP contribution >= 0.6 is 11.3 Å². The number of hydrogen-bond acceptors (Lipinski definition) is 6. The van der Waals surface area contributed by atoms with Gasteiger partial charge in [0.15, 0.2) is 5.69 Å². The van der Waals surface area contributed by atoms with Gasteiger partial charge >= 0.3 is 5.97 Å². The van der Waals surface area contributed by atoms with E-state index in [0.29, 0.717) is 36.8 Å². The van der Waals surface area contributed by atoms with Gasteiger partial charge in [0.2, 0.25) is 0 Å². The van der Waals surface area contributed by atoms with Gasteiger partial charge < -0.3 is 9.64 Å². The molecule has 8 heteroatoms. The number of amides is 1. The Bertz CT molecular complexity index is 996. The highest BCUT2D eigenvalue weighted by molar-refractivity contribution is 7.17. The monoisotopic (exact) mass is 396 g/mol. The highest BCUT2D eigenvalue weighted by Crippen LogP contribution is 2.28. The summed E-state index contributed by atoms with van der Waals surface area (Å²) in [6, 6.07) is 11.2. The van der Waals surface area contributed by atoms with Crippen molar-refractivity contribution >= 4 is 23.2 Å². The number of carbonyl (C=O) groups excluding carboxylic acids is 2. The molecule has 28 heavy (non-hydrogen) atoms. The summed E-state index contributed by atoms with van der Waals surface area (Å²) in [6.45, 7) is 3.81. The molecule has 1 aliphatic heterocycles. The summed E-state index contributed by atoms with van der Waals surface area (Å²) >= 11 is 1.44. The maximum absolute atomic E-state index is 13.0. The first-order valence-corrected chi connectivity index (χ1v) is 10.0. The van der Waals surface area contributed by atoms with Crippen molar-refractivity contribution in [2.45, 2.75) is 26.4 Å². The highest BCUT2D eigenvalue weighted by atomic mass is 32.1. The number of carbonyl (C=O) groups is 2. The van der Waals surface area contributed by atoms with Crippen molar-refractivity contribution in [2.24, 2.45) is 0 Å². The number of fused-ring (bicyclic) bond motifs is 1. The summed E-state index contributed by atoms with van der Waals surface area (Å²) in [4.78, 5) is 32.8. The molecule has 3 aromatic heterocycles. The Morgan fingerprint density at radius 2 is 2.11 bits per heavy atom. The molecule has 0 saturated heterocycles. The fourth-order valence-electron chi connectivity index (χ4n) is 3.20. The van der Waals surface area contributed by atoms with Crippen LogP contribution in [0, 0.1) is 0 Å². The van der Waals surface area contributed by atoms with Crippen LogP contribution in [0.25, 0.3) is 10.6 Å². The van der Waals surface area contributed by atoms with E-state index in [1.54, 1.807) is 23.9 Å². The van der Waals surface area contributed by atoms with Crippen LogP contribution in [0.2, 0.25) is 0 Å². The largest absolute Gasteiger partial charge is 0.461 e. The molecular formula is C20H20N4O3S. The van der Waals surface area contributed by atoms with Crippen LogP contribution in [0.15, 0.2) is 42.6 Å². The minimum absolute atomic E-state index is 0.0143. The van der Waals surface area contributed by atoms with E-state index in [9.17, 15) is 9.59 Å². The van der Waals surface area contributed by atoms with Gasteiger partial charge in [0.05, 0.1) is 34.3 Å². The molecule has 0 fully saturated rings. The Morgan fingerprint density at radius 3 is 2.89 bits per heavy atom. The fourth-order valence-corrected chi connectivity index (χ4v) is 4.15. The molecule has 0 spiro atoms. The molecule has 0 N–H and O–H groups in total. The third kappa shape index (κ3) is 3.68. The number of ether oxygens (including phenoxy) is 1. The first-order valence-electron chi connectivity index (χ1n) is 9.20. The number of esters is 1. The Hall–Kier alpha value is -3.00. The molecular weight excluding hydrogens is 376 g/mol. The predicted molar refractivity (Wildman–Crippen MR) is 105 cm³/mol. The van der Waals surface area contributed by atoms with E-state index in [4.69, 9.17) is 4.74 Å². The van der Waals surface area contributed by atoms with E-state index >= 15 is 0 Å². The topological polar surface area (TPSA) is 77.3 Å². The van der Waals surface area contributed by atoms with Gasteiger partial charge in [-0.2, -0.15) is 5.10 Å². The first-order chi connectivity index (χ1) is 13.7. The van der Waals surface area contributed by atoms with Crippen LogP contribution in [0.5, 0.6) is 0 Å². The number of nitrogens with zero attached hydrogens (tertiary/aromatic N) is 4. The molecule has 0 radical (unpaired) electrons. The van der Waals surface area contributed by atoms with Gasteiger partial charge in [-0.1, -0.05) is 6.07 Å². The Kier molecular flexibility index (Phi) is 5.21. The van der Waals surface area contributed by atoms with Gasteiger partial charge in [-0.25, -0.2) is 4.79 Å². The minimum Gasteiger partial charge on any atom is -0.461 e. The number of pyridine rings is 1. The van der Waals surface area contributed by atoms with E-state index in [-0.39, 0.29) is 5.91 Å². The molecule has 0 bridgehead atoms. The summed E-state index contributed by atoms with van der Waals surface area (Å²) in [5.74, 6) is -0.446. The van der Waals surface area contributed by atoms with E-state index < -0.39 is 5.97 Å². The predicted octanol–water partition coefficient (Wildman–Crippen LogP) is 3.23. The number of aromatic nitrogens is 3. The van der Waals surface area contributed by atoms with Gasteiger partial charge in [0.25, 0.3) is 5.91 Å². The maximum Gasteiger partial charge on any atom is 0.358 e. The average molecular weight is 396 g/mol. The van der Waals surface area contributed by atoms with Crippen molar-refractivity contribution in [2.75, 3.05) is 13.2 Å². The van der Waals surface area contributed by atoms with Crippen molar-refractivity contribution in [1.82, 2.24) is 19.7 Å². The Balaban J connectivity index is 1.53. The molecule has 4 heterocycles. The van der Waals surface area contributed by atoms with E-state index in [1.165, 1.54) is 11.3 Å². The standard InChI is InChI=1S/C20H20N4O3S/c1-2-27-20(26)16-12-14-13-23(10-5-11-24(14)22-16)19(25)18-8-7-17(28-18)15-6-3-4-9-21-15/h3-4,6-9,12H,2,5,10-11,13H2,1H3. The zero-order chi connectivity index (χ0) is 19.5. The lowest BCUT2D eigenvalue weighted by molar-refractivity contribution is 0.0518. The van der Waals surface area contributed by atoms with Crippen LogP contribution in [0.1, 0.15) is 39.2 Å². The molecule has 0 aromatic carbocycles. The smallest absolute Gasteiger partial charge is 0.358 e. The number of aryl methyl sites for hydroxylation is 1. The molecule has 1 aliphatic rings. The average Bonchev–Trinajstić information content (AvgIpc) is 3.31. The molecule has 1 amide bonds. The molecule has 144 valence electrons. The number of hydrogen-bond donors (Lipinski definition) is 0. The number of rotatable bonds is 4. The molecule has 7 nitrogen and oxygen atoms in total. The molecule has 0 saturated carbocycles. The zero-order valence-electron chi connectivity index (χ0n) is 15.5. The lowest BCUT2D eigenvalue weighted by Crippen LogP contribution is -2.30. The molecule has 3 aromatic rings. The van der Waals surface area contributed by atoms with E-state index in [0.717, 1.165) is 22.7 Å². The van der Waals surface area contributed by atoms with E-state index in [1.807, 2.05) is 35.2 Å². The third-order valence-corrected chi connectivity index (χ3v) is 5.62. The second-order valence-electron chi connectivity index (χ2n) is 6.42. The van der Waals surface area contributed by atoms with Crippen LogP contribution in [-0.2, 0) is 17.8 Å². The number of thiophene rings is 1. The van der Waals surface area contributed by atoms with Crippen LogP contribution in [0.3, 0.4) is 0 Å². The van der Waals surface area contributed by atoms with Crippen molar-refractivity contribution in [3.05, 3.63) is 58.9 Å². The van der Waals surface area contributed by atoms with Gasteiger partial charge in [0, 0.05) is 19.3 Å². The minimum atomic E-state index is -0.431. The van der Waals surface area contributed by atoms with Crippen molar-refractivity contribution in [3.8, 4) is 10.6 Å². The van der Waals surface area contributed by atoms with Crippen molar-refractivity contribution in [1.29, 1.82) is 0 Å².